The van der Waals surface area contributed by atoms with E-state index in [4.69, 9.17) is 0 Å². The molecule has 0 aliphatic carbocycles. The lowest BCUT2D eigenvalue weighted by Crippen LogP contribution is -2.35. The lowest BCUT2D eigenvalue weighted by atomic mass is 10.0. The van der Waals surface area contributed by atoms with Gasteiger partial charge in [-0.2, -0.15) is 0 Å². The van der Waals surface area contributed by atoms with Crippen LogP contribution in [0.2, 0.25) is 0 Å². The molecule has 1 aromatic rings. The molecule has 22 heavy (non-hydrogen) atoms. The van der Waals surface area contributed by atoms with Crippen LogP contribution in [-0.4, -0.2) is 36.3 Å². The van der Waals surface area contributed by atoms with E-state index in [-0.39, 0.29) is 11.8 Å². The minimum Gasteiger partial charge on any atom is -0.343 e. The van der Waals surface area contributed by atoms with Crippen molar-refractivity contribution in [2.75, 3.05) is 24.5 Å². The Balaban J connectivity index is 2.00. The first kappa shape index (κ1) is 16.5. The molecule has 0 saturated carbocycles. The number of anilines is 1. The third kappa shape index (κ3) is 4.09. The number of nitrogens with zero attached hydrogens (tertiary/aromatic N) is 2. The highest BCUT2D eigenvalue weighted by Crippen LogP contribution is 2.21. The minimum absolute atomic E-state index is 0.0217. The van der Waals surface area contributed by atoms with Crippen molar-refractivity contribution in [2.24, 2.45) is 0 Å². The molecule has 2 rings (SSSR count). The average Bonchev–Trinajstić information content (AvgIpc) is 3.01. The number of carbonyl (C=O) groups excluding carboxylic acids is 2. The first-order chi connectivity index (χ1) is 10.5. The fourth-order valence-electron chi connectivity index (χ4n) is 2.84. The Morgan fingerprint density at radius 1 is 1.14 bits per heavy atom. The molecule has 4 nitrogen and oxygen atoms in total. The van der Waals surface area contributed by atoms with E-state index in [1.165, 1.54) is 5.56 Å². The Morgan fingerprint density at radius 2 is 1.73 bits per heavy atom. The second-order valence-electron chi connectivity index (χ2n) is 6.25. The maximum absolute atomic E-state index is 12.1. The summed E-state index contributed by atoms with van der Waals surface area (Å²) in [5.41, 5.74) is 2.12. The van der Waals surface area contributed by atoms with Crippen molar-refractivity contribution in [3.8, 4) is 0 Å². The van der Waals surface area contributed by atoms with E-state index in [2.05, 4.69) is 26.0 Å². The van der Waals surface area contributed by atoms with Crippen molar-refractivity contribution < 1.29 is 9.59 Å². The number of rotatable bonds is 5. The molecule has 120 valence electrons. The van der Waals surface area contributed by atoms with Crippen LogP contribution in [-0.2, 0) is 9.59 Å². The van der Waals surface area contributed by atoms with Crippen LogP contribution >= 0.6 is 0 Å². The predicted molar refractivity (Wildman–Crippen MR) is 89.0 cm³/mol. The minimum atomic E-state index is -0.0217. The van der Waals surface area contributed by atoms with Gasteiger partial charge < -0.3 is 9.80 Å². The highest BCUT2D eigenvalue weighted by Gasteiger charge is 2.20. The number of hydrogen-bond donors (Lipinski definition) is 0. The van der Waals surface area contributed by atoms with Gasteiger partial charge in [0.05, 0.1) is 0 Å². The normalized spacial score (nSPS) is 14.5. The van der Waals surface area contributed by atoms with Gasteiger partial charge >= 0.3 is 0 Å². The van der Waals surface area contributed by atoms with E-state index in [9.17, 15) is 9.59 Å². The summed E-state index contributed by atoms with van der Waals surface area (Å²) in [5.74, 6) is 0.602. The second-order valence-corrected chi connectivity index (χ2v) is 6.25. The first-order valence-corrected chi connectivity index (χ1v) is 8.15. The Kier molecular flexibility index (Phi) is 5.58. The molecular weight excluding hydrogens is 276 g/mol. The van der Waals surface area contributed by atoms with Gasteiger partial charge in [-0.15, -0.1) is 0 Å². The van der Waals surface area contributed by atoms with Crippen molar-refractivity contribution >= 4 is 17.5 Å². The summed E-state index contributed by atoms with van der Waals surface area (Å²) >= 11 is 0. The maximum atomic E-state index is 12.1. The zero-order valence-corrected chi connectivity index (χ0v) is 13.8. The van der Waals surface area contributed by atoms with Gasteiger partial charge in [-0.05, 0) is 36.5 Å². The molecular formula is C18H26N2O2. The number of carbonyl (C=O) groups is 2. The molecule has 0 atom stereocenters. The van der Waals surface area contributed by atoms with Gasteiger partial charge in [-0.1, -0.05) is 26.0 Å². The van der Waals surface area contributed by atoms with Gasteiger partial charge in [-0.25, -0.2) is 0 Å². The first-order valence-electron chi connectivity index (χ1n) is 8.15. The SMILES string of the molecule is CC(=O)N(CCC(=O)N1CCCC1)c1ccc(C(C)C)cc1. The average molecular weight is 302 g/mol. The quantitative estimate of drug-likeness (QED) is 0.838. The molecule has 2 amide bonds. The molecule has 0 radical (unpaired) electrons. The summed E-state index contributed by atoms with van der Waals surface area (Å²) in [5, 5.41) is 0. The summed E-state index contributed by atoms with van der Waals surface area (Å²) in [7, 11) is 0. The molecule has 1 heterocycles. The second kappa shape index (κ2) is 7.43. The lowest BCUT2D eigenvalue weighted by Gasteiger charge is -2.23. The van der Waals surface area contributed by atoms with Gasteiger partial charge in [0.2, 0.25) is 11.8 Å². The smallest absolute Gasteiger partial charge is 0.224 e. The Hall–Kier alpha value is -1.84. The molecule has 0 spiro atoms. The van der Waals surface area contributed by atoms with Crippen LogP contribution in [0.25, 0.3) is 0 Å². The Bertz CT molecular complexity index is 516. The van der Waals surface area contributed by atoms with Gasteiger partial charge in [0.25, 0.3) is 0 Å². The third-order valence-corrected chi connectivity index (χ3v) is 4.26. The Labute approximate surface area is 133 Å². The molecule has 4 heteroatoms. The standard InChI is InChI=1S/C18H26N2O2/c1-14(2)16-6-8-17(9-7-16)20(15(3)21)13-10-18(22)19-11-4-5-12-19/h6-9,14H,4-5,10-13H2,1-3H3. The molecule has 1 aromatic carbocycles. The van der Waals surface area contributed by atoms with Crippen molar-refractivity contribution in [2.45, 2.75) is 46.0 Å². The van der Waals surface area contributed by atoms with E-state index in [1.807, 2.05) is 17.0 Å². The van der Waals surface area contributed by atoms with Crippen LogP contribution in [0.3, 0.4) is 0 Å². The lowest BCUT2D eigenvalue weighted by molar-refractivity contribution is -0.129. The van der Waals surface area contributed by atoms with E-state index in [1.54, 1.807) is 11.8 Å². The fraction of sp³-hybridized carbons (Fsp3) is 0.556. The van der Waals surface area contributed by atoms with Crippen molar-refractivity contribution in [3.05, 3.63) is 29.8 Å². The molecule has 1 saturated heterocycles. The molecule has 1 aliphatic heterocycles. The zero-order valence-electron chi connectivity index (χ0n) is 13.8. The maximum Gasteiger partial charge on any atom is 0.224 e. The van der Waals surface area contributed by atoms with Gasteiger partial charge in [0.15, 0.2) is 0 Å². The molecule has 1 aliphatic rings. The van der Waals surface area contributed by atoms with Crippen LogP contribution in [0.15, 0.2) is 24.3 Å². The van der Waals surface area contributed by atoms with Crippen molar-refractivity contribution in [1.82, 2.24) is 4.90 Å². The summed E-state index contributed by atoms with van der Waals surface area (Å²) in [4.78, 5) is 27.6. The summed E-state index contributed by atoms with van der Waals surface area (Å²) in [6.07, 6.45) is 2.59. The number of amides is 2. The zero-order chi connectivity index (χ0) is 16.1. The predicted octanol–water partition coefficient (Wildman–Crippen LogP) is 3.18. The third-order valence-electron chi connectivity index (χ3n) is 4.26. The van der Waals surface area contributed by atoms with Crippen molar-refractivity contribution in [1.29, 1.82) is 0 Å². The summed E-state index contributed by atoms with van der Waals surface area (Å²) < 4.78 is 0. The van der Waals surface area contributed by atoms with Crippen LogP contribution in [0, 0.1) is 0 Å². The van der Waals surface area contributed by atoms with Crippen LogP contribution in [0.4, 0.5) is 5.69 Å². The Morgan fingerprint density at radius 3 is 2.23 bits per heavy atom. The van der Waals surface area contributed by atoms with Crippen LogP contribution in [0.1, 0.15) is 51.5 Å². The van der Waals surface area contributed by atoms with Gasteiger partial charge in [0.1, 0.15) is 0 Å². The highest BCUT2D eigenvalue weighted by atomic mass is 16.2. The number of benzene rings is 1. The largest absolute Gasteiger partial charge is 0.343 e. The summed E-state index contributed by atoms with van der Waals surface area (Å²) in [6.45, 7) is 8.02. The van der Waals surface area contributed by atoms with Crippen LogP contribution in [0.5, 0.6) is 0 Å². The van der Waals surface area contributed by atoms with Gasteiger partial charge in [-0.3, -0.25) is 9.59 Å². The fourth-order valence-corrected chi connectivity index (χ4v) is 2.84. The number of likely N-dealkylation sites (tertiary alicyclic amines) is 1. The monoisotopic (exact) mass is 302 g/mol. The van der Waals surface area contributed by atoms with E-state index in [0.717, 1.165) is 31.6 Å². The van der Waals surface area contributed by atoms with Crippen molar-refractivity contribution in [3.63, 3.8) is 0 Å². The van der Waals surface area contributed by atoms with E-state index in [0.29, 0.717) is 18.9 Å². The molecule has 0 bridgehead atoms. The number of hydrogen-bond acceptors (Lipinski definition) is 2. The van der Waals surface area contributed by atoms with Gasteiger partial charge in [0, 0.05) is 38.7 Å². The molecule has 0 unspecified atom stereocenters. The highest BCUT2D eigenvalue weighted by molar-refractivity contribution is 5.92. The molecule has 0 aromatic heterocycles. The summed E-state index contributed by atoms with van der Waals surface area (Å²) in [6, 6.07) is 8.05. The van der Waals surface area contributed by atoms with Crippen LogP contribution < -0.4 is 4.90 Å². The van der Waals surface area contributed by atoms with E-state index < -0.39 is 0 Å². The molecule has 1 fully saturated rings. The van der Waals surface area contributed by atoms with E-state index >= 15 is 0 Å². The molecule has 0 N–H and O–H groups in total. The topological polar surface area (TPSA) is 40.6 Å².